The monoisotopic (exact) mass is 278 g/mol. The van der Waals surface area contributed by atoms with Crippen molar-refractivity contribution in [3.8, 4) is 0 Å². The van der Waals surface area contributed by atoms with Crippen LogP contribution in [0.15, 0.2) is 72.8 Å². The summed E-state index contributed by atoms with van der Waals surface area (Å²) in [5.74, 6) is 0. The number of aliphatic hydroxyl groups excluding tert-OH is 1. The lowest BCUT2D eigenvalue weighted by Crippen LogP contribution is -2.06. The van der Waals surface area contributed by atoms with Crippen LogP contribution in [0.2, 0.25) is 0 Å². The lowest BCUT2D eigenvalue weighted by atomic mass is 10.0. The normalized spacial score (nSPS) is 12.4. The summed E-state index contributed by atoms with van der Waals surface area (Å²) in [7, 11) is 0. The van der Waals surface area contributed by atoms with Crippen molar-refractivity contribution in [1.82, 2.24) is 0 Å². The van der Waals surface area contributed by atoms with Gasteiger partial charge in [0, 0.05) is 5.56 Å². The molecule has 0 aromatic heterocycles. The van der Waals surface area contributed by atoms with Crippen molar-refractivity contribution in [2.45, 2.75) is 12.7 Å². The van der Waals surface area contributed by atoms with E-state index in [-0.39, 0.29) is 0 Å². The Kier molecular flexibility index (Phi) is 4.29. The summed E-state index contributed by atoms with van der Waals surface area (Å²) in [5.41, 5.74) is 2.03. The number of rotatable bonds is 5. The van der Waals surface area contributed by atoms with Crippen LogP contribution < -0.4 is 0 Å². The van der Waals surface area contributed by atoms with E-state index in [1.165, 1.54) is 16.3 Å². The largest absolute Gasteiger partial charge is 0.364 e. The second kappa shape index (κ2) is 6.53. The zero-order valence-corrected chi connectivity index (χ0v) is 11.8. The van der Waals surface area contributed by atoms with Gasteiger partial charge in [0.05, 0.1) is 6.61 Å². The molecule has 0 fully saturated rings. The second-order valence-corrected chi connectivity index (χ2v) is 5.02. The molecule has 0 radical (unpaired) electrons. The van der Waals surface area contributed by atoms with Gasteiger partial charge in [-0.05, 0) is 22.8 Å². The predicted octanol–water partition coefficient (Wildman–Crippen LogP) is 4.09. The Morgan fingerprint density at radius 2 is 1.52 bits per heavy atom. The average Bonchev–Trinajstić information content (AvgIpc) is 2.56. The van der Waals surface area contributed by atoms with Crippen molar-refractivity contribution in [1.29, 1.82) is 0 Å². The quantitative estimate of drug-likeness (QED) is 0.712. The van der Waals surface area contributed by atoms with Crippen molar-refractivity contribution in [2.75, 3.05) is 6.61 Å². The third-order valence-electron chi connectivity index (χ3n) is 3.61. The molecule has 0 aliphatic carbocycles. The minimum Gasteiger partial charge on any atom is -0.364 e. The number of ether oxygens (including phenoxy) is 1. The van der Waals surface area contributed by atoms with Gasteiger partial charge in [0.15, 0.2) is 6.29 Å². The maximum Gasteiger partial charge on any atom is 0.181 e. The number of hydrogen-bond acceptors (Lipinski definition) is 2. The fourth-order valence-corrected chi connectivity index (χ4v) is 2.50. The molecule has 1 atom stereocenters. The maximum absolute atomic E-state index is 9.99. The molecule has 0 saturated heterocycles. The standard InChI is InChI=1S/C19H18O2/c20-19(17-8-2-1-3-9-17)21-14-13-16-11-6-10-15-7-4-5-12-18(15)16/h1-12,19-20H,13-14H2. The SMILES string of the molecule is OC(OCCc1cccc2ccccc12)c1ccccc1. The molecular formula is C19H18O2. The van der Waals surface area contributed by atoms with Crippen molar-refractivity contribution in [3.63, 3.8) is 0 Å². The zero-order chi connectivity index (χ0) is 14.5. The molecule has 1 N–H and O–H groups in total. The Balaban J connectivity index is 1.65. The summed E-state index contributed by atoms with van der Waals surface area (Å²) in [6.45, 7) is 0.490. The first-order valence-electron chi connectivity index (χ1n) is 7.16. The molecule has 0 spiro atoms. The van der Waals surface area contributed by atoms with E-state index in [4.69, 9.17) is 4.74 Å². The van der Waals surface area contributed by atoms with Gasteiger partial charge in [-0.25, -0.2) is 0 Å². The van der Waals surface area contributed by atoms with E-state index in [0.29, 0.717) is 6.61 Å². The molecule has 3 aromatic carbocycles. The van der Waals surface area contributed by atoms with Crippen LogP contribution in [0.5, 0.6) is 0 Å². The zero-order valence-electron chi connectivity index (χ0n) is 11.8. The van der Waals surface area contributed by atoms with Gasteiger partial charge in [0.1, 0.15) is 0 Å². The molecule has 0 bridgehead atoms. The van der Waals surface area contributed by atoms with Gasteiger partial charge in [0.25, 0.3) is 0 Å². The predicted molar refractivity (Wildman–Crippen MR) is 85.0 cm³/mol. The number of aliphatic hydroxyl groups is 1. The first kappa shape index (κ1) is 13.8. The Hall–Kier alpha value is -2.16. The van der Waals surface area contributed by atoms with Gasteiger partial charge in [-0.15, -0.1) is 0 Å². The van der Waals surface area contributed by atoms with Crippen LogP contribution in [-0.4, -0.2) is 11.7 Å². The number of benzene rings is 3. The summed E-state index contributed by atoms with van der Waals surface area (Å²) < 4.78 is 5.54. The number of fused-ring (bicyclic) bond motifs is 1. The van der Waals surface area contributed by atoms with Crippen molar-refractivity contribution < 1.29 is 9.84 Å². The molecule has 106 valence electrons. The van der Waals surface area contributed by atoms with E-state index >= 15 is 0 Å². The minimum absolute atomic E-state index is 0.490. The summed E-state index contributed by atoms with van der Waals surface area (Å²) >= 11 is 0. The topological polar surface area (TPSA) is 29.5 Å². The van der Waals surface area contributed by atoms with Gasteiger partial charge in [-0.1, -0.05) is 72.8 Å². The van der Waals surface area contributed by atoms with Gasteiger partial charge < -0.3 is 9.84 Å². The third kappa shape index (κ3) is 3.30. The Labute approximate surface area is 124 Å². The Bertz CT molecular complexity index is 702. The van der Waals surface area contributed by atoms with E-state index in [9.17, 15) is 5.11 Å². The van der Waals surface area contributed by atoms with Crippen LogP contribution >= 0.6 is 0 Å². The lowest BCUT2D eigenvalue weighted by Gasteiger charge is -2.13. The van der Waals surface area contributed by atoms with Crippen LogP contribution in [0, 0.1) is 0 Å². The fourth-order valence-electron chi connectivity index (χ4n) is 2.50. The second-order valence-electron chi connectivity index (χ2n) is 5.02. The molecule has 2 heteroatoms. The van der Waals surface area contributed by atoms with E-state index in [1.807, 2.05) is 42.5 Å². The minimum atomic E-state index is -0.860. The van der Waals surface area contributed by atoms with Crippen LogP contribution in [0.1, 0.15) is 17.4 Å². The highest BCUT2D eigenvalue weighted by atomic mass is 16.6. The molecule has 3 rings (SSSR count). The smallest absolute Gasteiger partial charge is 0.181 e. The van der Waals surface area contributed by atoms with E-state index in [0.717, 1.165) is 12.0 Å². The van der Waals surface area contributed by atoms with E-state index in [1.54, 1.807) is 0 Å². The van der Waals surface area contributed by atoms with Crippen LogP contribution in [-0.2, 0) is 11.2 Å². The van der Waals surface area contributed by atoms with Gasteiger partial charge in [-0.3, -0.25) is 0 Å². The average molecular weight is 278 g/mol. The molecular weight excluding hydrogens is 260 g/mol. The number of hydrogen-bond donors (Lipinski definition) is 1. The Morgan fingerprint density at radius 3 is 2.38 bits per heavy atom. The van der Waals surface area contributed by atoms with Crippen LogP contribution in [0.3, 0.4) is 0 Å². The van der Waals surface area contributed by atoms with Crippen molar-refractivity contribution in [2.24, 2.45) is 0 Å². The summed E-state index contributed by atoms with van der Waals surface area (Å²) in [6, 6.07) is 24.0. The summed E-state index contributed by atoms with van der Waals surface area (Å²) in [5, 5.41) is 12.5. The molecule has 1 unspecified atom stereocenters. The molecule has 21 heavy (non-hydrogen) atoms. The summed E-state index contributed by atoms with van der Waals surface area (Å²) in [6.07, 6.45) is -0.0770. The molecule has 0 amide bonds. The Morgan fingerprint density at radius 1 is 0.810 bits per heavy atom. The first-order chi connectivity index (χ1) is 10.3. The molecule has 0 saturated carbocycles. The highest BCUT2D eigenvalue weighted by Gasteiger charge is 2.07. The fraction of sp³-hybridized carbons (Fsp3) is 0.158. The van der Waals surface area contributed by atoms with E-state index in [2.05, 4.69) is 30.3 Å². The van der Waals surface area contributed by atoms with Gasteiger partial charge >= 0.3 is 0 Å². The third-order valence-corrected chi connectivity index (χ3v) is 3.61. The molecule has 0 heterocycles. The van der Waals surface area contributed by atoms with Crippen LogP contribution in [0.25, 0.3) is 10.8 Å². The van der Waals surface area contributed by atoms with Gasteiger partial charge in [-0.2, -0.15) is 0 Å². The van der Waals surface area contributed by atoms with E-state index < -0.39 is 6.29 Å². The molecule has 3 aromatic rings. The molecule has 0 aliphatic heterocycles. The van der Waals surface area contributed by atoms with Gasteiger partial charge in [0.2, 0.25) is 0 Å². The van der Waals surface area contributed by atoms with Crippen molar-refractivity contribution in [3.05, 3.63) is 83.9 Å². The molecule has 0 aliphatic rings. The van der Waals surface area contributed by atoms with Crippen molar-refractivity contribution >= 4 is 10.8 Å². The lowest BCUT2D eigenvalue weighted by molar-refractivity contribution is -0.101. The maximum atomic E-state index is 9.99. The molecule has 2 nitrogen and oxygen atoms in total. The highest BCUT2D eigenvalue weighted by Crippen LogP contribution is 2.20. The highest BCUT2D eigenvalue weighted by molar-refractivity contribution is 5.85. The van der Waals surface area contributed by atoms with Crippen LogP contribution in [0.4, 0.5) is 0 Å². The first-order valence-corrected chi connectivity index (χ1v) is 7.16. The summed E-state index contributed by atoms with van der Waals surface area (Å²) in [4.78, 5) is 0.